The zero-order valence-electron chi connectivity index (χ0n) is 23.8. The van der Waals surface area contributed by atoms with Gasteiger partial charge in [0.1, 0.15) is 51.7 Å². The van der Waals surface area contributed by atoms with Gasteiger partial charge in [-0.1, -0.05) is 0 Å². The molecule has 0 saturated heterocycles. The van der Waals surface area contributed by atoms with Crippen molar-refractivity contribution >= 4 is 17.3 Å². The number of carbonyl (C=O) groups excluding carboxylic acids is 1. The van der Waals surface area contributed by atoms with Gasteiger partial charge in [0.2, 0.25) is 0 Å². The van der Waals surface area contributed by atoms with Gasteiger partial charge in [-0.3, -0.25) is 29.9 Å². The first kappa shape index (κ1) is 31.8. The van der Waals surface area contributed by atoms with Crippen LogP contribution >= 0.6 is 0 Å². The number of primary amides is 1. The van der Waals surface area contributed by atoms with Gasteiger partial charge in [-0.25, -0.2) is 5.06 Å². The van der Waals surface area contributed by atoms with Crippen molar-refractivity contribution in [2.24, 2.45) is 5.73 Å². The number of aliphatic hydroxyl groups excluding tert-OH is 1. The normalized spacial score (nSPS) is 13.6. The third-order valence-electron chi connectivity index (χ3n) is 6.84. The van der Waals surface area contributed by atoms with Crippen molar-refractivity contribution in [2.75, 3.05) is 13.2 Å². The number of carbonyl (C=O) groups is 1. The fraction of sp³-hybridized carbons (Fsp3) is 0.100. The van der Waals surface area contributed by atoms with Gasteiger partial charge in [0.15, 0.2) is 5.60 Å². The van der Waals surface area contributed by atoms with E-state index in [1.807, 2.05) is 0 Å². The lowest BCUT2D eigenvalue weighted by Crippen LogP contribution is -2.35. The van der Waals surface area contributed by atoms with Gasteiger partial charge in [-0.2, -0.15) is 0 Å². The molecule has 7 N–H and O–H groups in total. The summed E-state index contributed by atoms with van der Waals surface area (Å²) in [7, 11) is 0. The summed E-state index contributed by atoms with van der Waals surface area (Å²) in [5.74, 6) is -4.26. The fourth-order valence-electron chi connectivity index (χ4n) is 4.93. The Balaban J connectivity index is 1.78. The van der Waals surface area contributed by atoms with Gasteiger partial charge in [0.05, 0.1) is 34.1 Å². The van der Waals surface area contributed by atoms with Crippen molar-refractivity contribution in [1.82, 2.24) is 5.06 Å². The van der Waals surface area contributed by atoms with Crippen molar-refractivity contribution < 1.29 is 54.5 Å². The Bertz CT molecular complexity index is 1800. The SMILES string of the molecule is NC(=O)C1=CC(c2c(O)cc(O)cc2Oc2ccc([N+](=O)[O-])cc2)(c2c(O)cc(O)cc2Oc2ccc([N+](=O)[O-])cc2)ON1CCO. The third-order valence-corrected chi connectivity index (χ3v) is 6.84. The first-order valence-corrected chi connectivity index (χ1v) is 13.4. The van der Waals surface area contributed by atoms with Crippen LogP contribution in [0, 0.1) is 20.2 Å². The lowest BCUT2D eigenvalue weighted by molar-refractivity contribution is -0.385. The summed E-state index contributed by atoms with van der Waals surface area (Å²) in [4.78, 5) is 39.8. The van der Waals surface area contributed by atoms with E-state index in [0.717, 1.165) is 59.7 Å². The van der Waals surface area contributed by atoms with E-state index in [1.54, 1.807) is 0 Å². The van der Waals surface area contributed by atoms with E-state index in [-0.39, 0.29) is 57.7 Å². The maximum atomic E-state index is 12.6. The minimum absolute atomic E-state index is 0.0152. The van der Waals surface area contributed by atoms with Crippen LogP contribution in [0.4, 0.5) is 11.4 Å². The zero-order chi connectivity index (χ0) is 34.0. The van der Waals surface area contributed by atoms with Crippen molar-refractivity contribution in [2.45, 2.75) is 5.60 Å². The predicted octanol–water partition coefficient (Wildman–Crippen LogP) is 3.76. The monoisotopic (exact) mass is 648 g/mol. The average molecular weight is 649 g/mol. The van der Waals surface area contributed by atoms with E-state index in [9.17, 15) is 50.6 Å². The molecule has 0 aliphatic carbocycles. The molecular weight excluding hydrogens is 624 g/mol. The average Bonchev–Trinajstić information content (AvgIpc) is 3.36. The number of nitrogens with zero attached hydrogens (tertiary/aromatic N) is 3. The summed E-state index contributed by atoms with van der Waals surface area (Å²) < 4.78 is 11.9. The van der Waals surface area contributed by atoms with Gasteiger partial charge in [0, 0.05) is 48.5 Å². The van der Waals surface area contributed by atoms with Gasteiger partial charge >= 0.3 is 0 Å². The van der Waals surface area contributed by atoms with Gasteiger partial charge in [0.25, 0.3) is 17.3 Å². The molecule has 47 heavy (non-hydrogen) atoms. The molecule has 0 spiro atoms. The minimum Gasteiger partial charge on any atom is -0.508 e. The second kappa shape index (κ2) is 12.4. The number of amides is 1. The number of benzene rings is 4. The molecule has 5 rings (SSSR count). The van der Waals surface area contributed by atoms with Crippen molar-refractivity contribution in [3.05, 3.63) is 116 Å². The van der Waals surface area contributed by atoms with E-state index >= 15 is 0 Å². The molecule has 242 valence electrons. The lowest BCUT2D eigenvalue weighted by atomic mass is 9.83. The molecule has 0 radical (unpaired) electrons. The largest absolute Gasteiger partial charge is 0.508 e. The number of aliphatic hydroxyl groups is 1. The molecule has 1 amide bonds. The Labute approximate surface area is 263 Å². The molecule has 0 atom stereocenters. The second-order valence-corrected chi connectivity index (χ2v) is 9.93. The number of nitrogens with two attached hydrogens (primary N) is 1. The highest BCUT2D eigenvalue weighted by atomic mass is 16.7. The van der Waals surface area contributed by atoms with E-state index in [1.165, 1.54) is 24.3 Å². The maximum absolute atomic E-state index is 12.6. The highest BCUT2D eigenvalue weighted by Gasteiger charge is 2.51. The highest BCUT2D eigenvalue weighted by molar-refractivity contribution is 5.92. The van der Waals surface area contributed by atoms with E-state index in [0.29, 0.717) is 0 Å². The number of phenolic OH excluding ortho intramolecular Hbond substituents is 4. The molecule has 0 aromatic heterocycles. The minimum atomic E-state index is -2.35. The first-order valence-electron chi connectivity index (χ1n) is 13.4. The molecule has 0 fully saturated rings. The van der Waals surface area contributed by atoms with Crippen LogP contribution < -0.4 is 15.2 Å². The number of nitro groups is 2. The molecule has 0 bridgehead atoms. The van der Waals surface area contributed by atoms with Crippen LogP contribution in [0.15, 0.2) is 84.6 Å². The molecule has 4 aromatic carbocycles. The summed E-state index contributed by atoms with van der Waals surface area (Å²) >= 11 is 0. The predicted molar refractivity (Wildman–Crippen MR) is 159 cm³/mol. The van der Waals surface area contributed by atoms with E-state index in [2.05, 4.69) is 0 Å². The van der Waals surface area contributed by atoms with Crippen LogP contribution in [0.1, 0.15) is 11.1 Å². The van der Waals surface area contributed by atoms with Crippen molar-refractivity contribution in [3.8, 4) is 46.0 Å². The summed E-state index contributed by atoms with van der Waals surface area (Å²) in [5.41, 5.74) is 1.66. The van der Waals surface area contributed by atoms with E-state index < -0.39 is 51.0 Å². The summed E-state index contributed by atoms with van der Waals surface area (Å²) in [6.45, 7) is -0.923. The van der Waals surface area contributed by atoms with E-state index in [4.69, 9.17) is 20.0 Å². The lowest BCUT2D eigenvalue weighted by Gasteiger charge is -2.33. The third kappa shape index (κ3) is 6.19. The quantitative estimate of drug-likeness (QED) is 0.0999. The molecule has 4 aromatic rings. The number of nitro benzene ring substituents is 2. The Kier molecular flexibility index (Phi) is 8.41. The van der Waals surface area contributed by atoms with Crippen LogP contribution in [0.5, 0.6) is 46.0 Å². The second-order valence-electron chi connectivity index (χ2n) is 9.93. The Morgan fingerprint density at radius 3 is 1.57 bits per heavy atom. The molecule has 17 nitrogen and oxygen atoms in total. The number of rotatable bonds is 11. The van der Waals surface area contributed by atoms with Gasteiger partial charge in [-0.15, -0.1) is 0 Å². The van der Waals surface area contributed by atoms with Crippen molar-refractivity contribution in [1.29, 1.82) is 0 Å². The van der Waals surface area contributed by atoms with Crippen LogP contribution in [0.25, 0.3) is 0 Å². The van der Waals surface area contributed by atoms with Crippen LogP contribution in [0.3, 0.4) is 0 Å². The number of β-amino-alcohol motifs (C(OH)–C–C–N with tert-alkyl or cyclic N) is 1. The van der Waals surface area contributed by atoms with Crippen molar-refractivity contribution in [3.63, 3.8) is 0 Å². The summed E-state index contributed by atoms with van der Waals surface area (Å²) in [6.07, 6.45) is 1.08. The topological polar surface area (TPSA) is 261 Å². The number of hydrogen-bond acceptors (Lipinski definition) is 14. The maximum Gasteiger partial charge on any atom is 0.269 e. The Morgan fingerprint density at radius 1 is 0.787 bits per heavy atom. The highest BCUT2D eigenvalue weighted by Crippen LogP contribution is 2.56. The zero-order valence-corrected chi connectivity index (χ0v) is 23.8. The summed E-state index contributed by atoms with van der Waals surface area (Å²) in [6, 6.07) is 13.3. The first-order chi connectivity index (χ1) is 22.3. The fourth-order valence-corrected chi connectivity index (χ4v) is 4.93. The van der Waals surface area contributed by atoms with Gasteiger partial charge in [-0.05, 0) is 30.3 Å². The number of aromatic hydroxyl groups is 4. The molecule has 1 heterocycles. The van der Waals surface area contributed by atoms with Gasteiger partial charge < -0.3 is 40.7 Å². The number of phenols is 4. The number of hydrogen-bond donors (Lipinski definition) is 6. The Hall–Kier alpha value is -6.59. The number of non-ortho nitro benzene ring substituents is 2. The van der Waals surface area contributed by atoms with Crippen LogP contribution in [-0.2, 0) is 15.2 Å². The molecule has 17 heteroatoms. The Morgan fingerprint density at radius 2 is 1.21 bits per heavy atom. The molecule has 0 unspecified atom stereocenters. The molecular formula is C30H24N4O13. The standard InChI is InChI=1S/C30H24N4O13/c31-29(40)22-15-30(47-32(22)9-10-35,27-23(38)11-18(36)13-25(27)45-20-5-1-16(2-6-20)33(41)42)28-24(39)12-19(37)14-26(28)46-21-7-3-17(4-8-21)34(43)44/h1-8,11-15,35-39H,9-10H2,(H2,31,40). The molecule has 1 aliphatic rings. The van der Waals surface area contributed by atoms with Crippen LogP contribution in [-0.4, -0.2) is 59.5 Å². The van der Waals surface area contributed by atoms with Crippen LogP contribution in [0.2, 0.25) is 0 Å². The summed E-state index contributed by atoms with van der Waals surface area (Å²) in [5, 5.41) is 76.5. The smallest absolute Gasteiger partial charge is 0.269 e. The molecule has 1 aliphatic heterocycles. The number of ether oxygens (including phenoxy) is 2. The molecule has 0 saturated carbocycles. The number of hydroxylamine groups is 2.